The van der Waals surface area contributed by atoms with Crippen molar-refractivity contribution in [1.82, 2.24) is 10.3 Å². The summed E-state index contributed by atoms with van der Waals surface area (Å²) in [6.07, 6.45) is 4.33. The largest absolute Gasteiger partial charge is 0.310 e. The molecule has 0 amide bonds. The van der Waals surface area contributed by atoms with Gasteiger partial charge in [-0.1, -0.05) is 27.2 Å². The van der Waals surface area contributed by atoms with Gasteiger partial charge in [-0.2, -0.15) is 0 Å². The van der Waals surface area contributed by atoms with Crippen molar-refractivity contribution in [2.75, 3.05) is 6.54 Å². The van der Waals surface area contributed by atoms with Crippen LogP contribution in [0.3, 0.4) is 0 Å². The first-order valence-corrected chi connectivity index (χ1v) is 6.22. The van der Waals surface area contributed by atoms with Crippen LogP contribution in [0.15, 0.2) is 6.20 Å². The van der Waals surface area contributed by atoms with E-state index in [1.165, 1.54) is 16.3 Å². The lowest BCUT2D eigenvalue weighted by atomic mass is 10.1. The molecule has 1 N–H and O–H groups in total. The highest BCUT2D eigenvalue weighted by molar-refractivity contribution is 7.11. The van der Waals surface area contributed by atoms with Gasteiger partial charge in [0.25, 0.3) is 0 Å². The molecule has 1 rings (SSSR count). The minimum atomic E-state index is 0.764. The molecule has 0 aliphatic rings. The smallest absolute Gasteiger partial charge is 0.107 e. The summed E-state index contributed by atoms with van der Waals surface area (Å²) in [4.78, 5) is 5.75. The fourth-order valence-corrected chi connectivity index (χ4v) is 2.00. The summed E-state index contributed by atoms with van der Waals surface area (Å²) >= 11 is 1.82. The van der Waals surface area contributed by atoms with Crippen LogP contribution < -0.4 is 5.32 Å². The van der Waals surface area contributed by atoms with E-state index >= 15 is 0 Å². The molecule has 0 aliphatic carbocycles. The number of rotatable bonds is 6. The van der Waals surface area contributed by atoms with E-state index in [4.69, 9.17) is 0 Å². The summed E-state index contributed by atoms with van der Waals surface area (Å²) in [6, 6.07) is 0. The fourth-order valence-electron chi connectivity index (χ4n) is 1.16. The number of aromatic nitrogens is 1. The van der Waals surface area contributed by atoms with Gasteiger partial charge in [-0.05, 0) is 18.9 Å². The Bertz CT molecular complexity index is 258. The molecule has 0 saturated heterocycles. The van der Waals surface area contributed by atoms with Gasteiger partial charge in [0.1, 0.15) is 5.01 Å². The Morgan fingerprint density at radius 3 is 2.86 bits per heavy atom. The summed E-state index contributed by atoms with van der Waals surface area (Å²) in [7, 11) is 0. The van der Waals surface area contributed by atoms with Gasteiger partial charge in [0.15, 0.2) is 0 Å². The molecule has 0 radical (unpaired) electrons. The van der Waals surface area contributed by atoms with Gasteiger partial charge < -0.3 is 5.32 Å². The van der Waals surface area contributed by atoms with E-state index in [9.17, 15) is 0 Å². The number of hydrogen-bond donors (Lipinski definition) is 1. The van der Waals surface area contributed by atoms with Crippen LogP contribution in [0, 0.1) is 5.92 Å². The summed E-state index contributed by atoms with van der Waals surface area (Å²) in [5, 5.41) is 4.65. The topological polar surface area (TPSA) is 24.9 Å². The number of nitrogens with zero attached hydrogens (tertiary/aromatic N) is 1. The predicted octanol–water partition coefficient (Wildman–Crippen LogP) is 2.84. The second-order valence-corrected chi connectivity index (χ2v) is 4.92. The Morgan fingerprint density at radius 1 is 1.50 bits per heavy atom. The van der Waals surface area contributed by atoms with Crippen LogP contribution >= 0.6 is 11.3 Å². The molecule has 1 aromatic heterocycles. The highest BCUT2D eigenvalue weighted by Gasteiger charge is 2.01. The number of aryl methyl sites for hydroxylation is 1. The maximum Gasteiger partial charge on any atom is 0.107 e. The number of nitrogens with one attached hydrogen (secondary N) is 1. The van der Waals surface area contributed by atoms with Gasteiger partial charge in [0.05, 0.1) is 0 Å². The average Bonchev–Trinajstić information content (AvgIpc) is 2.65. The third-order valence-electron chi connectivity index (χ3n) is 2.42. The van der Waals surface area contributed by atoms with E-state index < -0.39 is 0 Å². The van der Waals surface area contributed by atoms with Crippen LogP contribution in [0.4, 0.5) is 0 Å². The Labute approximate surface area is 90.8 Å². The van der Waals surface area contributed by atoms with Crippen molar-refractivity contribution in [3.8, 4) is 0 Å². The molecule has 1 unspecified atom stereocenters. The lowest BCUT2D eigenvalue weighted by Crippen LogP contribution is -2.20. The molecule has 1 aromatic rings. The summed E-state index contributed by atoms with van der Waals surface area (Å²) in [5.74, 6) is 0.764. The molecular weight excluding hydrogens is 192 g/mol. The molecule has 0 aliphatic heterocycles. The van der Waals surface area contributed by atoms with Crippen LogP contribution in [-0.2, 0) is 13.0 Å². The zero-order valence-electron chi connectivity index (χ0n) is 9.34. The van der Waals surface area contributed by atoms with Crippen LogP contribution in [0.2, 0.25) is 0 Å². The second-order valence-electron chi connectivity index (χ2n) is 3.72. The molecule has 1 atom stereocenters. The van der Waals surface area contributed by atoms with Crippen LogP contribution in [-0.4, -0.2) is 11.5 Å². The van der Waals surface area contributed by atoms with Crippen LogP contribution in [0.1, 0.15) is 37.1 Å². The third-order valence-corrected chi connectivity index (χ3v) is 3.56. The van der Waals surface area contributed by atoms with Gasteiger partial charge in [-0.3, -0.25) is 0 Å². The monoisotopic (exact) mass is 212 g/mol. The van der Waals surface area contributed by atoms with E-state index in [1.807, 2.05) is 17.5 Å². The van der Waals surface area contributed by atoms with Gasteiger partial charge >= 0.3 is 0 Å². The number of thiazole rings is 1. The maximum absolute atomic E-state index is 4.37. The minimum Gasteiger partial charge on any atom is -0.310 e. The van der Waals surface area contributed by atoms with E-state index in [1.54, 1.807) is 0 Å². The highest BCUT2D eigenvalue weighted by atomic mass is 32.1. The van der Waals surface area contributed by atoms with Crippen molar-refractivity contribution in [2.24, 2.45) is 5.92 Å². The molecule has 1 heterocycles. The van der Waals surface area contributed by atoms with Crippen molar-refractivity contribution < 1.29 is 0 Å². The first-order valence-electron chi connectivity index (χ1n) is 5.40. The lowest BCUT2D eigenvalue weighted by Gasteiger charge is -2.08. The molecule has 2 nitrogen and oxygen atoms in total. The minimum absolute atomic E-state index is 0.764. The fraction of sp³-hybridized carbons (Fsp3) is 0.727. The zero-order chi connectivity index (χ0) is 10.4. The van der Waals surface area contributed by atoms with Gasteiger partial charge in [-0.25, -0.2) is 4.98 Å². The van der Waals surface area contributed by atoms with Gasteiger partial charge in [-0.15, -0.1) is 11.3 Å². The van der Waals surface area contributed by atoms with E-state index in [-0.39, 0.29) is 0 Å². The maximum atomic E-state index is 4.37. The van der Waals surface area contributed by atoms with E-state index in [2.05, 4.69) is 31.1 Å². The molecule has 80 valence electrons. The first-order chi connectivity index (χ1) is 6.76. The van der Waals surface area contributed by atoms with E-state index in [0.717, 1.165) is 25.4 Å². The highest BCUT2D eigenvalue weighted by Crippen LogP contribution is 2.12. The zero-order valence-corrected chi connectivity index (χ0v) is 10.2. The standard InChI is InChI=1S/C11H20N2S/c1-4-9(3)6-12-8-11-13-7-10(5-2)14-11/h7,9,12H,4-6,8H2,1-3H3. The van der Waals surface area contributed by atoms with Crippen molar-refractivity contribution in [1.29, 1.82) is 0 Å². The lowest BCUT2D eigenvalue weighted by molar-refractivity contribution is 0.499. The van der Waals surface area contributed by atoms with Crippen molar-refractivity contribution in [3.63, 3.8) is 0 Å². The quantitative estimate of drug-likeness (QED) is 0.784. The van der Waals surface area contributed by atoms with Crippen LogP contribution in [0.5, 0.6) is 0 Å². The molecule has 0 bridgehead atoms. The van der Waals surface area contributed by atoms with E-state index in [0.29, 0.717) is 0 Å². The summed E-state index contributed by atoms with van der Waals surface area (Å²) < 4.78 is 0. The van der Waals surface area contributed by atoms with Crippen molar-refractivity contribution in [3.05, 3.63) is 16.1 Å². The Hall–Kier alpha value is -0.410. The molecule has 14 heavy (non-hydrogen) atoms. The third kappa shape index (κ3) is 3.76. The summed E-state index contributed by atoms with van der Waals surface area (Å²) in [5.41, 5.74) is 0. The Kier molecular flexibility index (Phi) is 5.12. The van der Waals surface area contributed by atoms with Crippen LogP contribution in [0.25, 0.3) is 0 Å². The molecule has 0 fully saturated rings. The first kappa shape index (κ1) is 11.7. The van der Waals surface area contributed by atoms with Crippen molar-refractivity contribution >= 4 is 11.3 Å². The Morgan fingerprint density at radius 2 is 2.29 bits per heavy atom. The predicted molar refractivity (Wildman–Crippen MR) is 62.7 cm³/mol. The number of hydrogen-bond acceptors (Lipinski definition) is 3. The van der Waals surface area contributed by atoms with Gasteiger partial charge in [0.2, 0.25) is 0 Å². The average molecular weight is 212 g/mol. The molecule has 0 aromatic carbocycles. The molecule has 0 spiro atoms. The molecule has 3 heteroatoms. The molecule has 0 saturated carbocycles. The normalized spacial score (nSPS) is 13.1. The van der Waals surface area contributed by atoms with Gasteiger partial charge in [0, 0.05) is 17.6 Å². The second kappa shape index (κ2) is 6.14. The van der Waals surface area contributed by atoms with Crippen molar-refractivity contribution in [2.45, 2.75) is 40.2 Å². The SMILES string of the molecule is CCc1cnc(CNCC(C)CC)s1. The molecular formula is C11H20N2S. The summed E-state index contributed by atoms with van der Waals surface area (Å²) in [6.45, 7) is 8.69. The Balaban J connectivity index is 2.24.